The van der Waals surface area contributed by atoms with Crippen LogP contribution in [-0.2, 0) is 6.54 Å². The Hall–Kier alpha value is -1.45. The highest BCUT2D eigenvalue weighted by atomic mass is 28.3. The quantitative estimate of drug-likeness (QED) is 0.815. The van der Waals surface area contributed by atoms with Gasteiger partial charge in [0.2, 0.25) is 0 Å². The monoisotopic (exact) mass is 301 g/mol. The van der Waals surface area contributed by atoms with Gasteiger partial charge in [0.1, 0.15) is 5.82 Å². The van der Waals surface area contributed by atoms with E-state index in [0.29, 0.717) is 0 Å². The van der Waals surface area contributed by atoms with Crippen LogP contribution in [0.5, 0.6) is 0 Å². The van der Waals surface area contributed by atoms with E-state index in [0.717, 1.165) is 12.1 Å². The first kappa shape index (κ1) is 15.9. The lowest BCUT2D eigenvalue weighted by Gasteiger charge is -2.18. The highest BCUT2D eigenvalue weighted by Gasteiger charge is 2.15. The van der Waals surface area contributed by atoms with Gasteiger partial charge in [-0.15, -0.1) is 0 Å². The van der Waals surface area contributed by atoms with Gasteiger partial charge in [0.25, 0.3) is 0 Å². The van der Waals surface area contributed by atoms with Gasteiger partial charge in [0.05, 0.1) is 8.07 Å². The molecule has 0 spiro atoms. The summed E-state index contributed by atoms with van der Waals surface area (Å²) >= 11 is 0. The zero-order valence-corrected chi connectivity index (χ0v) is 14.3. The molecule has 0 bridgehead atoms. The van der Waals surface area contributed by atoms with E-state index < -0.39 is 8.07 Å². The summed E-state index contributed by atoms with van der Waals surface area (Å²) in [4.78, 5) is 0. The van der Waals surface area contributed by atoms with Gasteiger partial charge in [-0.1, -0.05) is 61.2 Å². The predicted molar refractivity (Wildman–Crippen MR) is 91.1 cm³/mol. The first-order valence-corrected chi connectivity index (χ1v) is 10.9. The molecule has 0 aliphatic heterocycles. The minimum atomic E-state index is -1.21. The summed E-state index contributed by atoms with van der Waals surface area (Å²) in [5, 5.41) is 4.97. The van der Waals surface area contributed by atoms with Crippen molar-refractivity contribution in [1.29, 1.82) is 0 Å². The molecule has 21 heavy (non-hydrogen) atoms. The largest absolute Gasteiger partial charge is 0.306 e. The Kier molecular flexibility index (Phi) is 4.96. The summed E-state index contributed by atoms with van der Waals surface area (Å²) in [6, 6.07) is 15.8. The van der Waals surface area contributed by atoms with Gasteiger partial charge in [-0.3, -0.25) is 0 Å². The third-order valence-corrected chi connectivity index (χ3v) is 5.87. The van der Waals surface area contributed by atoms with Crippen molar-refractivity contribution in [3.05, 3.63) is 65.5 Å². The fourth-order valence-corrected chi connectivity index (χ4v) is 3.43. The van der Waals surface area contributed by atoms with Gasteiger partial charge in [-0.25, -0.2) is 4.39 Å². The van der Waals surface area contributed by atoms with Crippen molar-refractivity contribution in [2.75, 3.05) is 0 Å². The number of nitrogens with one attached hydrogen (secondary N) is 1. The van der Waals surface area contributed by atoms with Gasteiger partial charge < -0.3 is 5.32 Å². The Balaban J connectivity index is 1.95. The average molecular weight is 301 g/mol. The topological polar surface area (TPSA) is 12.0 Å². The Morgan fingerprint density at radius 3 is 2.05 bits per heavy atom. The molecule has 1 atom stereocenters. The average Bonchev–Trinajstić information content (AvgIpc) is 2.45. The number of halogens is 1. The molecule has 3 heteroatoms. The van der Waals surface area contributed by atoms with Crippen LogP contribution < -0.4 is 10.5 Å². The van der Waals surface area contributed by atoms with Crippen LogP contribution >= 0.6 is 0 Å². The van der Waals surface area contributed by atoms with E-state index in [-0.39, 0.29) is 11.9 Å². The third-order valence-electron chi connectivity index (χ3n) is 3.80. The molecule has 2 aromatic carbocycles. The van der Waals surface area contributed by atoms with Crippen LogP contribution in [0.2, 0.25) is 19.6 Å². The molecule has 0 fully saturated rings. The van der Waals surface area contributed by atoms with Gasteiger partial charge in [0, 0.05) is 12.6 Å². The van der Waals surface area contributed by atoms with Crippen LogP contribution in [0, 0.1) is 5.82 Å². The molecular formula is C18H24FNSi. The minimum absolute atomic E-state index is 0.187. The summed E-state index contributed by atoms with van der Waals surface area (Å²) in [7, 11) is -1.21. The number of hydrogen-bond donors (Lipinski definition) is 1. The van der Waals surface area contributed by atoms with Crippen LogP contribution in [0.3, 0.4) is 0 Å². The van der Waals surface area contributed by atoms with Crippen LogP contribution in [0.25, 0.3) is 0 Å². The summed E-state index contributed by atoms with van der Waals surface area (Å²) in [6.45, 7) is 10.00. The Morgan fingerprint density at radius 2 is 1.52 bits per heavy atom. The maximum Gasteiger partial charge on any atom is 0.123 e. The van der Waals surface area contributed by atoms with Gasteiger partial charge in [-0.05, 0) is 30.2 Å². The number of hydrogen-bond acceptors (Lipinski definition) is 1. The van der Waals surface area contributed by atoms with Crippen molar-refractivity contribution >= 4 is 13.3 Å². The molecule has 0 saturated heterocycles. The van der Waals surface area contributed by atoms with Crippen molar-refractivity contribution in [3.8, 4) is 0 Å². The summed E-state index contributed by atoms with van der Waals surface area (Å²) in [6.07, 6.45) is 0. The van der Waals surface area contributed by atoms with Crippen LogP contribution in [0.15, 0.2) is 48.5 Å². The second kappa shape index (κ2) is 6.54. The molecule has 1 nitrogen and oxygen atoms in total. The molecule has 0 radical (unpaired) electrons. The second-order valence-electron chi connectivity index (χ2n) is 6.60. The van der Waals surface area contributed by atoms with Crippen LogP contribution in [0.4, 0.5) is 4.39 Å². The summed E-state index contributed by atoms with van der Waals surface area (Å²) in [5.41, 5.74) is 2.39. The number of benzene rings is 2. The first-order valence-electron chi connectivity index (χ1n) is 7.44. The lowest BCUT2D eigenvalue weighted by molar-refractivity contribution is 0.571. The minimum Gasteiger partial charge on any atom is -0.306 e. The Morgan fingerprint density at radius 1 is 0.952 bits per heavy atom. The zero-order valence-electron chi connectivity index (χ0n) is 13.3. The molecule has 2 rings (SSSR count). The molecule has 112 valence electrons. The first-order chi connectivity index (χ1) is 9.86. The zero-order chi connectivity index (χ0) is 15.5. The van der Waals surface area contributed by atoms with Gasteiger partial charge >= 0.3 is 0 Å². The molecule has 0 aliphatic carbocycles. The van der Waals surface area contributed by atoms with Crippen LogP contribution in [-0.4, -0.2) is 8.07 Å². The van der Waals surface area contributed by atoms with E-state index in [4.69, 9.17) is 0 Å². The fraction of sp³-hybridized carbons (Fsp3) is 0.333. The summed E-state index contributed by atoms with van der Waals surface area (Å²) in [5.74, 6) is -0.187. The van der Waals surface area contributed by atoms with Crippen molar-refractivity contribution in [2.24, 2.45) is 0 Å². The Labute approximate surface area is 128 Å². The van der Waals surface area contributed by atoms with Crippen LogP contribution in [0.1, 0.15) is 24.1 Å². The molecule has 0 aliphatic rings. The maximum absolute atomic E-state index is 12.9. The van der Waals surface area contributed by atoms with E-state index in [2.05, 4.69) is 56.1 Å². The molecular weight excluding hydrogens is 277 g/mol. The smallest absolute Gasteiger partial charge is 0.123 e. The molecule has 0 saturated carbocycles. The fourth-order valence-electron chi connectivity index (χ4n) is 2.26. The van der Waals surface area contributed by atoms with E-state index in [9.17, 15) is 4.39 Å². The SMILES string of the molecule is CC(NCc1ccc([Si](C)(C)C)cc1)c1ccc(F)cc1. The van der Waals surface area contributed by atoms with Gasteiger partial charge in [-0.2, -0.15) is 0 Å². The standard InChI is InChI=1S/C18H24FNSi/c1-14(16-7-9-17(19)10-8-16)20-13-15-5-11-18(12-6-15)21(2,3)4/h5-12,14,20H,13H2,1-4H3. The van der Waals surface area contributed by atoms with Gasteiger partial charge in [0.15, 0.2) is 0 Å². The maximum atomic E-state index is 12.9. The number of rotatable bonds is 5. The van der Waals surface area contributed by atoms with Crippen molar-refractivity contribution in [1.82, 2.24) is 5.32 Å². The molecule has 2 aromatic rings. The van der Waals surface area contributed by atoms with Crippen molar-refractivity contribution in [3.63, 3.8) is 0 Å². The summed E-state index contributed by atoms with van der Waals surface area (Å²) < 4.78 is 12.9. The van der Waals surface area contributed by atoms with E-state index >= 15 is 0 Å². The molecule has 1 N–H and O–H groups in total. The van der Waals surface area contributed by atoms with E-state index in [1.165, 1.54) is 22.9 Å². The van der Waals surface area contributed by atoms with E-state index in [1.807, 2.05) is 12.1 Å². The molecule has 1 unspecified atom stereocenters. The van der Waals surface area contributed by atoms with Crippen molar-refractivity contribution in [2.45, 2.75) is 39.2 Å². The van der Waals surface area contributed by atoms with E-state index in [1.54, 1.807) is 0 Å². The van der Waals surface area contributed by atoms with Crippen molar-refractivity contribution < 1.29 is 4.39 Å². The second-order valence-corrected chi connectivity index (χ2v) is 11.7. The molecule has 0 aromatic heterocycles. The molecule has 0 amide bonds. The highest BCUT2D eigenvalue weighted by molar-refractivity contribution is 6.88. The normalized spacial score (nSPS) is 13.2. The lowest BCUT2D eigenvalue weighted by Crippen LogP contribution is -2.37. The lowest BCUT2D eigenvalue weighted by atomic mass is 10.1. The third kappa shape index (κ3) is 4.51. The highest BCUT2D eigenvalue weighted by Crippen LogP contribution is 2.13. The Bertz CT molecular complexity index is 570. The predicted octanol–water partition coefficient (Wildman–Crippen LogP) is 4.22. The molecule has 0 heterocycles.